The third-order valence-corrected chi connectivity index (χ3v) is 4.37. The van der Waals surface area contributed by atoms with Gasteiger partial charge in [0.15, 0.2) is 0 Å². The van der Waals surface area contributed by atoms with Gasteiger partial charge in [0.05, 0.1) is 6.61 Å². The Morgan fingerprint density at radius 2 is 1.96 bits per heavy atom. The molecule has 0 saturated heterocycles. The molecule has 0 radical (unpaired) electrons. The molecule has 3 rings (SSSR count). The average molecular weight is 380 g/mol. The first-order valence-electron chi connectivity index (χ1n) is 8.55. The van der Waals surface area contributed by atoms with Gasteiger partial charge < -0.3 is 9.84 Å². The molecule has 1 aromatic carbocycles. The van der Waals surface area contributed by atoms with E-state index in [1.807, 2.05) is 24.3 Å². The first kappa shape index (κ1) is 19.0. The number of alkyl halides is 3. The molecule has 5 nitrogen and oxygen atoms in total. The van der Waals surface area contributed by atoms with E-state index in [1.165, 1.54) is 17.4 Å². The molecule has 2 atom stereocenters. The van der Waals surface area contributed by atoms with Gasteiger partial charge in [0.2, 0.25) is 0 Å². The second kappa shape index (κ2) is 7.85. The largest absolute Gasteiger partial charge is 0.493 e. The number of rotatable bonds is 8. The van der Waals surface area contributed by atoms with Crippen molar-refractivity contribution >= 4 is 11.8 Å². The van der Waals surface area contributed by atoms with Crippen molar-refractivity contribution in [2.24, 2.45) is 5.92 Å². The number of benzene rings is 1. The lowest BCUT2D eigenvalue weighted by Gasteiger charge is -2.10. The van der Waals surface area contributed by atoms with E-state index >= 15 is 0 Å². The second-order valence-corrected chi connectivity index (χ2v) is 6.50. The lowest BCUT2D eigenvalue weighted by molar-refractivity contribution is -0.137. The Morgan fingerprint density at radius 1 is 1.22 bits per heavy atom. The van der Waals surface area contributed by atoms with Crippen LogP contribution in [-0.2, 0) is 11.2 Å². The zero-order chi connectivity index (χ0) is 19.4. The number of halogens is 3. The van der Waals surface area contributed by atoms with Crippen LogP contribution in [0, 0.1) is 5.92 Å². The van der Waals surface area contributed by atoms with Crippen LogP contribution in [0.4, 0.5) is 19.0 Å². The van der Waals surface area contributed by atoms with E-state index in [1.54, 1.807) is 6.07 Å². The summed E-state index contributed by atoms with van der Waals surface area (Å²) in [5.74, 6) is 0.134. The summed E-state index contributed by atoms with van der Waals surface area (Å²) in [4.78, 5) is 14.6. The standard InChI is InChI=1S/C19H19F3N2O3/c20-19(21,22)24-17-3-1-2-14(23-17)8-9-27-15-6-4-12(5-7-15)16-10-13(16)11-18(25)26/h1-7,13,16H,8-11H2,(H,23,24)(H,25,26). The van der Waals surface area contributed by atoms with Gasteiger partial charge in [0.25, 0.3) is 0 Å². The van der Waals surface area contributed by atoms with Gasteiger partial charge in [-0.05, 0) is 48.1 Å². The van der Waals surface area contributed by atoms with Gasteiger partial charge in [-0.1, -0.05) is 18.2 Å². The van der Waals surface area contributed by atoms with Crippen LogP contribution in [0.3, 0.4) is 0 Å². The minimum absolute atomic E-state index is 0.193. The third kappa shape index (κ3) is 5.87. The number of carbonyl (C=O) groups is 1. The summed E-state index contributed by atoms with van der Waals surface area (Å²) in [6.07, 6.45) is -3.06. The molecule has 1 fully saturated rings. The van der Waals surface area contributed by atoms with Gasteiger partial charge in [-0.2, -0.15) is 13.2 Å². The third-order valence-electron chi connectivity index (χ3n) is 4.37. The number of anilines is 1. The number of hydrogen-bond donors (Lipinski definition) is 2. The smallest absolute Gasteiger partial charge is 0.483 e. The first-order valence-corrected chi connectivity index (χ1v) is 8.55. The molecule has 1 aromatic heterocycles. The highest BCUT2D eigenvalue weighted by Gasteiger charge is 2.39. The number of nitrogens with zero attached hydrogens (tertiary/aromatic N) is 1. The molecule has 0 bridgehead atoms. The maximum atomic E-state index is 12.3. The fraction of sp³-hybridized carbons (Fsp3) is 0.368. The van der Waals surface area contributed by atoms with Gasteiger partial charge in [-0.15, -0.1) is 0 Å². The van der Waals surface area contributed by atoms with Crippen molar-refractivity contribution in [2.45, 2.75) is 31.5 Å². The predicted octanol–water partition coefficient (Wildman–Crippen LogP) is 4.21. The molecule has 1 heterocycles. The van der Waals surface area contributed by atoms with Gasteiger partial charge in [-0.3, -0.25) is 10.1 Å². The average Bonchev–Trinajstić information content (AvgIpc) is 3.32. The number of aliphatic carboxylic acids is 1. The van der Waals surface area contributed by atoms with E-state index in [0.29, 0.717) is 23.8 Å². The Bertz CT molecular complexity index is 794. The van der Waals surface area contributed by atoms with E-state index in [2.05, 4.69) is 4.98 Å². The van der Waals surface area contributed by atoms with E-state index in [-0.39, 0.29) is 24.8 Å². The molecule has 0 aliphatic heterocycles. The Hall–Kier alpha value is -2.77. The number of carboxylic acid groups (broad SMARTS) is 1. The maximum Gasteiger partial charge on any atom is 0.483 e. The van der Waals surface area contributed by atoms with Gasteiger partial charge in [0.1, 0.15) is 11.6 Å². The number of aromatic nitrogens is 1. The number of hydrogen-bond acceptors (Lipinski definition) is 4. The molecular weight excluding hydrogens is 361 g/mol. The minimum atomic E-state index is -4.52. The lowest BCUT2D eigenvalue weighted by Crippen LogP contribution is -2.21. The number of carboxylic acids is 1. The number of pyridine rings is 1. The second-order valence-electron chi connectivity index (χ2n) is 6.50. The summed E-state index contributed by atoms with van der Waals surface area (Å²) >= 11 is 0. The maximum absolute atomic E-state index is 12.3. The van der Waals surface area contributed by atoms with Crippen molar-refractivity contribution in [2.75, 3.05) is 11.9 Å². The molecule has 1 aliphatic carbocycles. The van der Waals surface area contributed by atoms with Crippen molar-refractivity contribution in [1.29, 1.82) is 0 Å². The van der Waals surface area contributed by atoms with Crippen LogP contribution in [0.2, 0.25) is 0 Å². The van der Waals surface area contributed by atoms with Crippen LogP contribution in [-0.4, -0.2) is 29.0 Å². The predicted molar refractivity (Wildman–Crippen MR) is 92.7 cm³/mol. The fourth-order valence-corrected chi connectivity index (χ4v) is 3.02. The summed E-state index contributed by atoms with van der Waals surface area (Å²) in [5.41, 5.74) is 1.59. The normalized spacial score (nSPS) is 18.8. The number of ether oxygens (including phenoxy) is 1. The summed E-state index contributed by atoms with van der Waals surface area (Å²) < 4.78 is 42.6. The molecule has 2 unspecified atom stereocenters. The lowest BCUT2D eigenvalue weighted by atomic mass is 10.1. The highest BCUT2D eigenvalue weighted by molar-refractivity contribution is 5.67. The Labute approximate surface area is 154 Å². The first-order chi connectivity index (χ1) is 12.8. The summed E-state index contributed by atoms with van der Waals surface area (Å²) in [7, 11) is 0. The zero-order valence-corrected chi connectivity index (χ0v) is 14.4. The van der Waals surface area contributed by atoms with Crippen LogP contribution < -0.4 is 10.1 Å². The molecule has 2 aromatic rings. The molecule has 1 saturated carbocycles. The minimum Gasteiger partial charge on any atom is -0.493 e. The van der Waals surface area contributed by atoms with E-state index < -0.39 is 12.3 Å². The fourth-order valence-electron chi connectivity index (χ4n) is 3.02. The highest BCUT2D eigenvalue weighted by Crippen LogP contribution is 2.49. The number of nitrogens with one attached hydrogen (secondary N) is 1. The van der Waals surface area contributed by atoms with E-state index in [4.69, 9.17) is 9.84 Å². The van der Waals surface area contributed by atoms with E-state index in [9.17, 15) is 18.0 Å². The van der Waals surface area contributed by atoms with Gasteiger partial charge >= 0.3 is 12.3 Å². The van der Waals surface area contributed by atoms with Crippen molar-refractivity contribution in [3.63, 3.8) is 0 Å². The molecule has 144 valence electrons. The van der Waals surface area contributed by atoms with Crippen LogP contribution in [0.5, 0.6) is 5.75 Å². The van der Waals surface area contributed by atoms with Crippen LogP contribution in [0.1, 0.15) is 30.0 Å². The molecule has 0 amide bonds. The monoisotopic (exact) mass is 380 g/mol. The zero-order valence-electron chi connectivity index (χ0n) is 14.4. The van der Waals surface area contributed by atoms with Crippen LogP contribution in [0.25, 0.3) is 0 Å². The van der Waals surface area contributed by atoms with E-state index in [0.717, 1.165) is 12.0 Å². The van der Waals surface area contributed by atoms with Crippen LogP contribution in [0.15, 0.2) is 42.5 Å². The molecule has 8 heteroatoms. The quantitative estimate of drug-likeness (QED) is 0.671. The SMILES string of the molecule is O=C(O)CC1CC1c1ccc(OCCc2cccc(NC(F)(F)F)n2)cc1. The summed E-state index contributed by atoms with van der Waals surface area (Å²) in [5, 5.41) is 10.2. The van der Waals surface area contributed by atoms with Crippen molar-refractivity contribution in [3.8, 4) is 5.75 Å². The van der Waals surface area contributed by atoms with Crippen molar-refractivity contribution in [1.82, 2.24) is 4.98 Å². The molecule has 0 spiro atoms. The summed E-state index contributed by atoms with van der Waals surface area (Å²) in [6, 6.07) is 11.9. The Morgan fingerprint density at radius 3 is 2.63 bits per heavy atom. The molecule has 27 heavy (non-hydrogen) atoms. The Balaban J connectivity index is 1.47. The van der Waals surface area contributed by atoms with Gasteiger partial charge in [0, 0.05) is 18.5 Å². The topological polar surface area (TPSA) is 71.5 Å². The summed E-state index contributed by atoms with van der Waals surface area (Å²) in [6.45, 7) is 0.285. The van der Waals surface area contributed by atoms with Crippen LogP contribution >= 0.6 is 0 Å². The molecule has 2 N–H and O–H groups in total. The van der Waals surface area contributed by atoms with Crippen molar-refractivity contribution < 1.29 is 27.8 Å². The molecule has 1 aliphatic rings. The van der Waals surface area contributed by atoms with Gasteiger partial charge in [-0.25, -0.2) is 4.98 Å². The highest BCUT2D eigenvalue weighted by atomic mass is 19.4. The Kier molecular flexibility index (Phi) is 5.53. The van der Waals surface area contributed by atoms with Crippen molar-refractivity contribution in [3.05, 3.63) is 53.7 Å². The molecular formula is C19H19F3N2O3.